The number of imide groups is 1. The Morgan fingerprint density at radius 3 is 2.65 bits per heavy atom. The van der Waals surface area contributed by atoms with Crippen molar-refractivity contribution in [2.75, 3.05) is 33.0 Å². The molecule has 4 rings (SSSR count). The van der Waals surface area contributed by atoms with Crippen molar-refractivity contribution >= 4 is 29.7 Å². The van der Waals surface area contributed by atoms with Gasteiger partial charge < -0.3 is 24.2 Å². The summed E-state index contributed by atoms with van der Waals surface area (Å²) in [5.74, 6) is -3.50. The lowest BCUT2D eigenvalue weighted by Crippen LogP contribution is -2.67. The molecule has 3 aliphatic rings. The Morgan fingerprint density at radius 2 is 2.02 bits per heavy atom. The van der Waals surface area contributed by atoms with Gasteiger partial charge in [-0.1, -0.05) is 11.8 Å². The number of rotatable bonds is 10. The highest BCUT2D eigenvalue weighted by Gasteiger charge is 2.57. The maximum Gasteiger partial charge on any atom is 0.329 e. The van der Waals surface area contributed by atoms with Gasteiger partial charge in [0.1, 0.15) is 47.9 Å². The fraction of sp³-hybridized carbons (Fsp3) is 0.556. The normalized spacial score (nSPS) is 22.8. The van der Waals surface area contributed by atoms with Crippen LogP contribution in [0.15, 0.2) is 28.7 Å². The van der Waals surface area contributed by atoms with Crippen LogP contribution in [0.5, 0.6) is 5.75 Å². The monoisotopic (exact) mass is 579 g/mol. The maximum atomic E-state index is 14.5. The summed E-state index contributed by atoms with van der Waals surface area (Å²) >= 11 is 1.04. The molecular formula is C27H31F2N3O7S. The molecule has 3 aliphatic heterocycles. The number of carboxylic acids is 1. The molecule has 10 nitrogen and oxygen atoms in total. The molecule has 0 bridgehead atoms. The van der Waals surface area contributed by atoms with Gasteiger partial charge in [0, 0.05) is 18.8 Å². The Labute approximate surface area is 234 Å². The summed E-state index contributed by atoms with van der Waals surface area (Å²) in [6.07, 6.45) is -0.229. The molecule has 0 saturated carbocycles. The third-order valence-electron chi connectivity index (χ3n) is 7.30. The fourth-order valence-electron chi connectivity index (χ4n) is 5.05. The molecule has 0 aromatic heterocycles. The summed E-state index contributed by atoms with van der Waals surface area (Å²) in [6.45, 7) is 3.72. The van der Waals surface area contributed by atoms with Crippen molar-refractivity contribution < 1.29 is 42.5 Å². The van der Waals surface area contributed by atoms with Crippen LogP contribution in [0.2, 0.25) is 0 Å². The minimum Gasteiger partial charge on any atom is -0.490 e. The molecule has 13 heteroatoms. The van der Waals surface area contributed by atoms with Crippen LogP contribution in [0, 0.1) is 23.1 Å². The largest absolute Gasteiger partial charge is 0.490 e. The maximum absolute atomic E-state index is 14.5. The van der Waals surface area contributed by atoms with Gasteiger partial charge in [0.25, 0.3) is 0 Å². The first-order valence-electron chi connectivity index (χ1n) is 12.9. The standard InChI is InChI=1S/C27H31F2N3O7S/c1-15-21(13-30)40-24-22(15)23(33)32(27(2,3)25(34)35)26(36)31(24)14-20(39-17-6-9-37-10-7-17)18-12-16(29)4-5-19(18)38-11-8-28/h4-5,12,17,20,22,24H,6-11,14H2,1-3H3,(H,34,35)/t20-,22?,24?/m0/s1. The summed E-state index contributed by atoms with van der Waals surface area (Å²) < 4.78 is 44.9. The summed E-state index contributed by atoms with van der Waals surface area (Å²) in [7, 11) is 0. The summed E-state index contributed by atoms with van der Waals surface area (Å²) in [5.41, 5.74) is -1.23. The molecule has 0 aliphatic carbocycles. The minimum absolute atomic E-state index is 0.169. The number of amides is 3. The Kier molecular flexibility index (Phi) is 9.02. The molecule has 2 saturated heterocycles. The highest BCUT2D eigenvalue weighted by atomic mass is 32.2. The van der Waals surface area contributed by atoms with E-state index in [0.717, 1.165) is 11.8 Å². The van der Waals surface area contributed by atoms with Crippen LogP contribution in [0.4, 0.5) is 13.6 Å². The fourth-order valence-corrected chi connectivity index (χ4v) is 6.42. The molecule has 1 aromatic rings. The van der Waals surface area contributed by atoms with E-state index in [1.54, 1.807) is 6.92 Å². The second-order valence-corrected chi connectivity index (χ2v) is 11.4. The van der Waals surface area contributed by atoms with Crippen LogP contribution >= 0.6 is 11.8 Å². The van der Waals surface area contributed by atoms with E-state index in [1.807, 2.05) is 0 Å². The molecule has 216 valence electrons. The van der Waals surface area contributed by atoms with Crippen molar-refractivity contribution in [3.05, 3.63) is 40.1 Å². The number of thioether (sulfide) groups is 1. The predicted octanol–water partition coefficient (Wildman–Crippen LogP) is 4.02. The lowest BCUT2D eigenvalue weighted by Gasteiger charge is -2.47. The topological polar surface area (TPSA) is 129 Å². The van der Waals surface area contributed by atoms with Gasteiger partial charge in [-0.3, -0.25) is 4.79 Å². The predicted molar refractivity (Wildman–Crippen MR) is 139 cm³/mol. The van der Waals surface area contributed by atoms with Gasteiger partial charge in [-0.2, -0.15) is 5.26 Å². The van der Waals surface area contributed by atoms with E-state index >= 15 is 0 Å². The number of nitriles is 1. The second kappa shape index (κ2) is 12.1. The number of fused-ring (bicyclic) bond motifs is 1. The zero-order valence-corrected chi connectivity index (χ0v) is 23.2. The van der Waals surface area contributed by atoms with Crippen molar-refractivity contribution in [2.24, 2.45) is 5.92 Å². The van der Waals surface area contributed by atoms with Gasteiger partial charge in [-0.25, -0.2) is 23.3 Å². The van der Waals surface area contributed by atoms with Crippen molar-refractivity contribution in [1.29, 1.82) is 5.26 Å². The van der Waals surface area contributed by atoms with Gasteiger partial charge in [0.15, 0.2) is 0 Å². The number of alkyl halides is 1. The number of urea groups is 1. The van der Waals surface area contributed by atoms with E-state index in [-0.39, 0.29) is 35.5 Å². The number of ether oxygens (including phenoxy) is 3. The first-order valence-corrected chi connectivity index (χ1v) is 13.8. The molecule has 1 aromatic carbocycles. The Bertz CT molecular complexity index is 1240. The van der Waals surface area contributed by atoms with Gasteiger partial charge in [0.05, 0.1) is 23.5 Å². The van der Waals surface area contributed by atoms with E-state index in [0.29, 0.717) is 36.5 Å². The van der Waals surface area contributed by atoms with Crippen LogP contribution < -0.4 is 4.74 Å². The zero-order chi connectivity index (χ0) is 29.2. The van der Waals surface area contributed by atoms with Gasteiger partial charge in [-0.05, 0) is 57.4 Å². The third kappa shape index (κ3) is 5.66. The van der Waals surface area contributed by atoms with E-state index in [4.69, 9.17) is 14.2 Å². The molecule has 3 heterocycles. The van der Waals surface area contributed by atoms with E-state index in [9.17, 15) is 33.5 Å². The third-order valence-corrected chi connectivity index (χ3v) is 8.72. The van der Waals surface area contributed by atoms with Gasteiger partial charge >= 0.3 is 12.0 Å². The molecule has 0 radical (unpaired) electrons. The number of hydrogen-bond donors (Lipinski definition) is 1. The number of carbonyl (C=O) groups is 3. The highest BCUT2D eigenvalue weighted by molar-refractivity contribution is 8.04. The zero-order valence-electron chi connectivity index (χ0n) is 22.4. The van der Waals surface area contributed by atoms with Crippen molar-refractivity contribution in [2.45, 2.75) is 56.7 Å². The molecule has 2 fully saturated rings. The van der Waals surface area contributed by atoms with E-state index < -0.39 is 53.3 Å². The highest BCUT2D eigenvalue weighted by Crippen LogP contribution is 2.48. The van der Waals surface area contributed by atoms with Crippen molar-refractivity contribution in [1.82, 2.24) is 9.80 Å². The molecule has 1 N–H and O–H groups in total. The number of carbonyl (C=O) groups excluding carboxylic acids is 2. The van der Waals surface area contributed by atoms with Crippen LogP contribution in [-0.2, 0) is 19.1 Å². The molecule has 3 amide bonds. The molecule has 3 atom stereocenters. The first-order chi connectivity index (χ1) is 19.0. The van der Waals surface area contributed by atoms with Crippen molar-refractivity contribution in [3.63, 3.8) is 0 Å². The lowest BCUT2D eigenvalue weighted by atomic mass is 9.91. The Morgan fingerprint density at radius 1 is 1.32 bits per heavy atom. The van der Waals surface area contributed by atoms with Crippen LogP contribution in [0.3, 0.4) is 0 Å². The van der Waals surface area contributed by atoms with E-state index in [2.05, 4.69) is 6.07 Å². The molecular weight excluding hydrogens is 548 g/mol. The second-order valence-electron chi connectivity index (χ2n) is 10.2. The van der Waals surface area contributed by atoms with Gasteiger partial charge in [-0.15, -0.1) is 0 Å². The van der Waals surface area contributed by atoms with E-state index in [1.165, 1.54) is 36.9 Å². The number of allylic oxidation sites excluding steroid dienone is 1. The van der Waals surface area contributed by atoms with Crippen molar-refractivity contribution in [3.8, 4) is 11.8 Å². The number of hydrogen-bond acceptors (Lipinski definition) is 8. The first kappa shape index (κ1) is 29.8. The summed E-state index contributed by atoms with van der Waals surface area (Å²) in [5, 5.41) is 18.7. The number of nitrogens with zero attached hydrogens (tertiary/aromatic N) is 3. The number of halogens is 2. The minimum atomic E-state index is -1.90. The average Bonchev–Trinajstić information content (AvgIpc) is 3.26. The summed E-state index contributed by atoms with van der Waals surface area (Å²) in [6, 6.07) is 4.90. The Hall–Kier alpha value is -3.21. The lowest BCUT2D eigenvalue weighted by molar-refractivity contribution is -0.158. The molecule has 0 spiro atoms. The number of carboxylic acid groups (broad SMARTS) is 1. The smallest absolute Gasteiger partial charge is 0.329 e. The Balaban J connectivity index is 1.78. The molecule has 40 heavy (non-hydrogen) atoms. The quantitative estimate of drug-likeness (QED) is 0.437. The van der Waals surface area contributed by atoms with Gasteiger partial charge in [0.2, 0.25) is 5.91 Å². The number of aliphatic carboxylic acids is 1. The average molecular weight is 580 g/mol. The summed E-state index contributed by atoms with van der Waals surface area (Å²) in [4.78, 5) is 41.9. The van der Waals surface area contributed by atoms with Crippen LogP contribution in [0.1, 0.15) is 45.3 Å². The molecule has 2 unspecified atom stereocenters. The van der Waals surface area contributed by atoms with Crippen LogP contribution in [0.25, 0.3) is 0 Å². The SMILES string of the molecule is CC1=C(C#N)SC2C1C(=O)N(C(C)(C)C(=O)O)C(=O)N2C[C@H](OC1CCOCC1)c1cc(F)ccc1OCCF. The number of benzene rings is 1. The van der Waals surface area contributed by atoms with Crippen LogP contribution in [-0.4, -0.2) is 82.9 Å².